The number of rotatable bonds is 6. The third-order valence-electron chi connectivity index (χ3n) is 1.95. The first kappa shape index (κ1) is 13.6. The number of carbonyl (C=O) groups is 2. The maximum Gasteiger partial charge on any atom is 0.365 e. The predicted molar refractivity (Wildman–Crippen MR) is 64.1 cm³/mol. The van der Waals surface area contributed by atoms with E-state index in [-0.39, 0.29) is 17.5 Å². The molecule has 2 N–H and O–H groups in total. The summed E-state index contributed by atoms with van der Waals surface area (Å²) in [4.78, 5) is 27.7. The number of aromatic carboxylic acids is 1. The summed E-state index contributed by atoms with van der Waals surface area (Å²) >= 11 is 1.09. The molecule has 7 heteroatoms. The number of hydrogen-bond donors (Lipinski definition) is 2. The third kappa shape index (κ3) is 4.49. The van der Waals surface area contributed by atoms with Gasteiger partial charge in [0.1, 0.15) is 0 Å². The molecule has 0 aliphatic rings. The van der Waals surface area contributed by atoms with E-state index in [4.69, 9.17) is 5.11 Å². The van der Waals surface area contributed by atoms with E-state index in [0.29, 0.717) is 18.8 Å². The van der Waals surface area contributed by atoms with Crippen LogP contribution in [0.1, 0.15) is 22.4 Å². The van der Waals surface area contributed by atoms with Crippen LogP contribution in [0.15, 0.2) is 5.38 Å². The van der Waals surface area contributed by atoms with Crippen molar-refractivity contribution >= 4 is 23.2 Å². The molecule has 0 spiro atoms. The van der Waals surface area contributed by atoms with Gasteiger partial charge in [0.05, 0.1) is 12.2 Å². The third-order valence-corrected chi connectivity index (χ3v) is 2.83. The van der Waals surface area contributed by atoms with Gasteiger partial charge in [0.2, 0.25) is 10.9 Å². The molecule has 0 atom stereocenters. The molecular weight excluding hydrogens is 242 g/mol. The van der Waals surface area contributed by atoms with Crippen LogP contribution in [-0.4, -0.2) is 47.0 Å². The minimum Gasteiger partial charge on any atom is -0.476 e. The zero-order valence-electron chi connectivity index (χ0n) is 9.77. The average molecular weight is 257 g/mol. The molecule has 0 radical (unpaired) electrons. The second kappa shape index (κ2) is 6.31. The Labute approximate surface area is 103 Å². The van der Waals surface area contributed by atoms with Crippen molar-refractivity contribution in [3.05, 3.63) is 16.1 Å². The molecule has 6 nitrogen and oxygen atoms in total. The fourth-order valence-electron chi connectivity index (χ4n) is 1.31. The Morgan fingerprint density at radius 3 is 2.82 bits per heavy atom. The molecule has 1 rings (SSSR count). The van der Waals surface area contributed by atoms with Gasteiger partial charge >= 0.3 is 5.97 Å². The Hall–Kier alpha value is -1.47. The van der Waals surface area contributed by atoms with Crippen LogP contribution in [0.25, 0.3) is 0 Å². The van der Waals surface area contributed by atoms with Crippen LogP contribution in [-0.2, 0) is 11.3 Å². The number of carboxylic acids is 1. The van der Waals surface area contributed by atoms with Crippen LogP contribution >= 0.6 is 11.3 Å². The van der Waals surface area contributed by atoms with Gasteiger partial charge < -0.3 is 10.4 Å². The highest BCUT2D eigenvalue weighted by Gasteiger charge is 2.11. The Kier molecular flexibility index (Phi) is 5.05. The number of hydrogen-bond acceptors (Lipinski definition) is 5. The van der Waals surface area contributed by atoms with Crippen molar-refractivity contribution in [3.63, 3.8) is 0 Å². The number of amides is 1. The molecule has 0 fully saturated rings. The van der Waals surface area contributed by atoms with Crippen LogP contribution in [0.4, 0.5) is 0 Å². The minimum atomic E-state index is -1.02. The van der Waals surface area contributed by atoms with E-state index in [0.717, 1.165) is 11.3 Å². The number of nitrogens with one attached hydrogen (secondary N) is 1. The molecule has 0 bridgehead atoms. The largest absolute Gasteiger partial charge is 0.476 e. The van der Waals surface area contributed by atoms with Crippen molar-refractivity contribution in [2.45, 2.75) is 13.5 Å². The van der Waals surface area contributed by atoms with Crippen LogP contribution in [0, 0.1) is 0 Å². The first-order chi connectivity index (χ1) is 8.02. The number of thiazole rings is 1. The summed E-state index contributed by atoms with van der Waals surface area (Å²) in [5, 5.41) is 13.2. The van der Waals surface area contributed by atoms with E-state index in [1.165, 1.54) is 0 Å². The summed E-state index contributed by atoms with van der Waals surface area (Å²) in [6.45, 7) is 3.19. The topological polar surface area (TPSA) is 82.5 Å². The first-order valence-electron chi connectivity index (χ1n) is 5.16. The minimum absolute atomic E-state index is 0.0521. The van der Waals surface area contributed by atoms with E-state index in [9.17, 15) is 9.59 Å². The van der Waals surface area contributed by atoms with E-state index in [1.807, 2.05) is 6.92 Å². The summed E-state index contributed by atoms with van der Waals surface area (Å²) in [7, 11) is 1.79. The van der Waals surface area contributed by atoms with Crippen molar-refractivity contribution < 1.29 is 14.7 Å². The van der Waals surface area contributed by atoms with Gasteiger partial charge in [-0.25, -0.2) is 9.78 Å². The Balaban J connectivity index is 2.47. The van der Waals surface area contributed by atoms with Gasteiger partial charge in [-0.05, 0) is 14.0 Å². The van der Waals surface area contributed by atoms with E-state index in [1.54, 1.807) is 17.3 Å². The second-order valence-electron chi connectivity index (χ2n) is 3.57. The monoisotopic (exact) mass is 257 g/mol. The lowest BCUT2D eigenvalue weighted by Crippen LogP contribution is -2.34. The standard InChI is InChI=1S/C10H15N3O3S/c1-3-11-8(14)5-13(2)4-7-6-17-9(12-7)10(15)16/h6H,3-5H2,1-2H3,(H,11,14)(H,15,16). The normalized spacial score (nSPS) is 10.5. The van der Waals surface area contributed by atoms with Crippen molar-refractivity contribution in [2.24, 2.45) is 0 Å². The molecule has 1 heterocycles. The number of likely N-dealkylation sites (N-methyl/N-ethyl adjacent to an activating group) is 2. The van der Waals surface area contributed by atoms with Gasteiger partial charge in [-0.2, -0.15) is 0 Å². The zero-order chi connectivity index (χ0) is 12.8. The molecular formula is C10H15N3O3S. The van der Waals surface area contributed by atoms with Crippen LogP contribution in [0.2, 0.25) is 0 Å². The van der Waals surface area contributed by atoms with Crippen LogP contribution in [0.5, 0.6) is 0 Å². The highest BCUT2D eigenvalue weighted by Crippen LogP contribution is 2.10. The molecule has 17 heavy (non-hydrogen) atoms. The number of aromatic nitrogens is 1. The predicted octanol–water partition coefficient (Wildman–Crippen LogP) is 0.409. The number of nitrogens with zero attached hydrogens (tertiary/aromatic N) is 2. The summed E-state index contributed by atoms with van der Waals surface area (Å²) in [6, 6.07) is 0. The quantitative estimate of drug-likeness (QED) is 0.771. The van der Waals surface area contributed by atoms with Gasteiger partial charge in [0.25, 0.3) is 0 Å². The van der Waals surface area contributed by atoms with E-state index < -0.39 is 5.97 Å². The molecule has 94 valence electrons. The number of carboxylic acid groups (broad SMARTS) is 1. The first-order valence-corrected chi connectivity index (χ1v) is 6.03. The molecule has 1 aromatic rings. The van der Waals surface area contributed by atoms with Crippen molar-refractivity contribution in [3.8, 4) is 0 Å². The van der Waals surface area contributed by atoms with E-state index >= 15 is 0 Å². The van der Waals surface area contributed by atoms with Crippen molar-refractivity contribution in [1.82, 2.24) is 15.2 Å². The van der Waals surface area contributed by atoms with Gasteiger partial charge in [-0.1, -0.05) is 0 Å². The van der Waals surface area contributed by atoms with Crippen LogP contribution < -0.4 is 5.32 Å². The number of carbonyl (C=O) groups excluding carboxylic acids is 1. The summed E-state index contributed by atoms with van der Waals surface area (Å²) in [5.41, 5.74) is 0.666. The average Bonchev–Trinajstić information content (AvgIpc) is 2.66. The van der Waals surface area contributed by atoms with Crippen molar-refractivity contribution in [2.75, 3.05) is 20.1 Å². The fraction of sp³-hybridized carbons (Fsp3) is 0.500. The van der Waals surface area contributed by atoms with Gasteiger partial charge in [0, 0.05) is 18.5 Å². The lowest BCUT2D eigenvalue weighted by Gasteiger charge is -2.14. The molecule has 0 aliphatic heterocycles. The maximum atomic E-state index is 11.3. The molecule has 1 aromatic heterocycles. The molecule has 1 amide bonds. The summed E-state index contributed by atoms with van der Waals surface area (Å²) < 4.78 is 0. The SMILES string of the molecule is CCNC(=O)CN(C)Cc1csc(C(=O)O)n1. The van der Waals surface area contributed by atoms with Crippen molar-refractivity contribution in [1.29, 1.82) is 0 Å². The molecule has 0 unspecified atom stereocenters. The maximum absolute atomic E-state index is 11.3. The molecule has 0 aromatic carbocycles. The van der Waals surface area contributed by atoms with Gasteiger partial charge in [-0.3, -0.25) is 9.69 Å². The second-order valence-corrected chi connectivity index (χ2v) is 4.43. The van der Waals surface area contributed by atoms with Crippen LogP contribution in [0.3, 0.4) is 0 Å². The molecule has 0 saturated carbocycles. The Morgan fingerprint density at radius 1 is 1.59 bits per heavy atom. The lowest BCUT2D eigenvalue weighted by atomic mass is 10.4. The highest BCUT2D eigenvalue weighted by molar-refractivity contribution is 7.11. The van der Waals surface area contributed by atoms with Gasteiger partial charge in [0.15, 0.2) is 0 Å². The Bertz CT molecular complexity index is 405. The fourth-order valence-corrected chi connectivity index (χ4v) is 1.95. The smallest absolute Gasteiger partial charge is 0.365 e. The highest BCUT2D eigenvalue weighted by atomic mass is 32.1. The Morgan fingerprint density at radius 2 is 2.29 bits per heavy atom. The lowest BCUT2D eigenvalue weighted by molar-refractivity contribution is -0.121. The summed E-state index contributed by atoms with van der Waals surface area (Å²) in [5.74, 6) is -1.07. The summed E-state index contributed by atoms with van der Waals surface area (Å²) in [6.07, 6.45) is 0. The molecule has 0 saturated heterocycles. The van der Waals surface area contributed by atoms with Gasteiger partial charge in [-0.15, -0.1) is 11.3 Å². The van der Waals surface area contributed by atoms with E-state index in [2.05, 4.69) is 10.3 Å². The zero-order valence-corrected chi connectivity index (χ0v) is 10.6. The molecule has 0 aliphatic carbocycles.